The van der Waals surface area contributed by atoms with Crippen LogP contribution in [0.1, 0.15) is 48.8 Å². The molecule has 4 aliphatic carbocycles. The molecule has 0 N–H and O–H groups in total. The number of hydrogen-bond acceptors (Lipinski definition) is 1. The van der Waals surface area contributed by atoms with Gasteiger partial charge in [-0.1, -0.05) is 72.3 Å². The van der Waals surface area contributed by atoms with Crippen LogP contribution in [0.4, 0.5) is 11.4 Å². The summed E-state index contributed by atoms with van der Waals surface area (Å²) < 4.78 is 0. The summed E-state index contributed by atoms with van der Waals surface area (Å²) in [5.41, 5.74) is 10.4. The minimum atomic E-state index is 0.813. The summed E-state index contributed by atoms with van der Waals surface area (Å²) in [7, 11) is 0. The third-order valence-corrected chi connectivity index (χ3v) is 8.42. The summed E-state index contributed by atoms with van der Waals surface area (Å²) in [4.78, 5) is 2.54. The normalized spacial score (nSPS) is 27.9. The zero-order valence-corrected chi connectivity index (χ0v) is 18.0. The highest BCUT2D eigenvalue weighted by molar-refractivity contribution is 5.99. The third kappa shape index (κ3) is 2.75. The number of fused-ring (bicyclic) bond motifs is 2. The summed E-state index contributed by atoms with van der Waals surface area (Å²) >= 11 is 0. The van der Waals surface area contributed by atoms with E-state index < -0.39 is 0 Å². The molecular weight excluding hydrogens is 374 g/mol. The highest BCUT2D eigenvalue weighted by atomic mass is 15.1. The van der Waals surface area contributed by atoms with E-state index in [4.69, 9.17) is 0 Å². The molecule has 0 radical (unpaired) electrons. The molecular formula is C30H29N. The lowest BCUT2D eigenvalue weighted by molar-refractivity contribution is 0.0705. The zero-order valence-electron chi connectivity index (χ0n) is 18.0. The molecule has 4 saturated carbocycles. The molecule has 1 nitrogen and oxygen atoms in total. The van der Waals surface area contributed by atoms with Crippen LogP contribution in [-0.4, -0.2) is 0 Å². The van der Waals surface area contributed by atoms with Gasteiger partial charge in [0.05, 0.1) is 0 Å². The Balaban J connectivity index is 1.44. The molecule has 31 heavy (non-hydrogen) atoms. The van der Waals surface area contributed by atoms with Crippen LogP contribution in [-0.2, 0) is 6.54 Å². The molecule has 0 aromatic heterocycles. The van der Waals surface area contributed by atoms with Gasteiger partial charge in [0.25, 0.3) is 0 Å². The molecule has 0 saturated heterocycles. The van der Waals surface area contributed by atoms with E-state index in [0.29, 0.717) is 0 Å². The largest absolute Gasteiger partial charge is 0.336 e. The summed E-state index contributed by atoms with van der Waals surface area (Å²) in [6, 6.07) is 29.3. The van der Waals surface area contributed by atoms with Gasteiger partial charge in [-0.25, -0.2) is 0 Å². The molecule has 3 aromatic rings. The molecule has 0 amide bonds. The molecule has 3 aromatic carbocycles. The second-order valence-electron chi connectivity index (χ2n) is 10.2. The van der Waals surface area contributed by atoms with Crippen molar-refractivity contribution in [2.75, 3.05) is 4.90 Å². The van der Waals surface area contributed by atoms with Gasteiger partial charge in [-0.2, -0.15) is 0 Å². The van der Waals surface area contributed by atoms with E-state index in [1.165, 1.54) is 60.2 Å². The van der Waals surface area contributed by atoms with Crippen LogP contribution in [0.15, 0.2) is 84.4 Å². The SMILES string of the molecule is c1ccc(CN2c3ccccc3C(=C3C4CC5CC(C4)CC3C5)c3ccccc32)cc1. The van der Waals surface area contributed by atoms with Gasteiger partial charge in [-0.3, -0.25) is 0 Å². The second-order valence-corrected chi connectivity index (χ2v) is 10.2. The van der Waals surface area contributed by atoms with E-state index in [0.717, 1.165) is 30.2 Å². The molecule has 4 bridgehead atoms. The Morgan fingerprint density at radius 3 is 1.68 bits per heavy atom. The smallest absolute Gasteiger partial charge is 0.0493 e. The Hall–Kier alpha value is -2.80. The number of rotatable bonds is 2. The Morgan fingerprint density at radius 2 is 1.10 bits per heavy atom. The van der Waals surface area contributed by atoms with Crippen LogP contribution >= 0.6 is 0 Å². The van der Waals surface area contributed by atoms with Crippen molar-refractivity contribution in [2.24, 2.45) is 23.7 Å². The van der Waals surface area contributed by atoms with Crippen LogP contribution in [0.2, 0.25) is 0 Å². The van der Waals surface area contributed by atoms with E-state index >= 15 is 0 Å². The van der Waals surface area contributed by atoms with Crippen LogP contribution in [0, 0.1) is 23.7 Å². The molecule has 5 aliphatic rings. The number of allylic oxidation sites excluding steroid dienone is 1. The monoisotopic (exact) mass is 403 g/mol. The average Bonchev–Trinajstić information content (AvgIpc) is 2.80. The van der Waals surface area contributed by atoms with Gasteiger partial charge in [-0.15, -0.1) is 0 Å². The summed E-state index contributed by atoms with van der Waals surface area (Å²) in [5.74, 6) is 3.62. The van der Waals surface area contributed by atoms with Gasteiger partial charge in [0.15, 0.2) is 0 Å². The molecule has 0 unspecified atom stereocenters. The number of hydrogen-bond donors (Lipinski definition) is 0. The maximum Gasteiger partial charge on any atom is 0.0493 e. The summed E-state index contributed by atoms with van der Waals surface area (Å²) in [5, 5.41) is 0. The molecule has 0 spiro atoms. The fraction of sp³-hybridized carbons (Fsp3) is 0.333. The van der Waals surface area contributed by atoms with Crippen molar-refractivity contribution >= 4 is 16.9 Å². The van der Waals surface area contributed by atoms with Crippen molar-refractivity contribution in [1.82, 2.24) is 0 Å². The topological polar surface area (TPSA) is 3.24 Å². The number of nitrogens with zero attached hydrogens (tertiary/aromatic N) is 1. The third-order valence-electron chi connectivity index (χ3n) is 8.42. The zero-order chi connectivity index (χ0) is 20.4. The van der Waals surface area contributed by atoms with Crippen molar-refractivity contribution < 1.29 is 0 Å². The van der Waals surface area contributed by atoms with Gasteiger partial charge in [0.1, 0.15) is 0 Å². The standard InChI is InChI=1S/C30H29N/c1-2-8-20(9-3-1)19-31-27-12-6-4-10-25(27)30(26-11-5-7-13-28(26)31)29-23-15-21-14-22(17-23)18-24(29)16-21/h1-13,21-24H,14-19H2. The Labute approximate surface area is 185 Å². The minimum absolute atomic E-state index is 0.813. The number of benzene rings is 3. The summed E-state index contributed by atoms with van der Waals surface area (Å²) in [6.07, 6.45) is 7.25. The first-order valence-electron chi connectivity index (χ1n) is 12.1. The predicted molar refractivity (Wildman–Crippen MR) is 128 cm³/mol. The van der Waals surface area contributed by atoms with Crippen molar-refractivity contribution in [3.8, 4) is 0 Å². The minimum Gasteiger partial charge on any atom is -0.336 e. The fourth-order valence-electron chi connectivity index (χ4n) is 7.46. The molecule has 1 heterocycles. The van der Waals surface area contributed by atoms with Crippen LogP contribution in [0.25, 0.3) is 5.57 Å². The van der Waals surface area contributed by atoms with Crippen LogP contribution in [0.5, 0.6) is 0 Å². The molecule has 0 atom stereocenters. The Bertz CT molecular complexity index is 1090. The molecule has 4 fully saturated rings. The van der Waals surface area contributed by atoms with Crippen molar-refractivity contribution in [3.05, 3.63) is 101 Å². The van der Waals surface area contributed by atoms with Crippen molar-refractivity contribution in [3.63, 3.8) is 0 Å². The first kappa shape index (κ1) is 17.8. The number of anilines is 2. The maximum absolute atomic E-state index is 2.54. The average molecular weight is 404 g/mol. The molecule has 8 rings (SSSR count). The first-order valence-corrected chi connectivity index (χ1v) is 12.1. The van der Waals surface area contributed by atoms with Gasteiger partial charge in [0, 0.05) is 29.0 Å². The predicted octanol–water partition coefficient (Wildman–Crippen LogP) is 7.60. The molecule has 154 valence electrons. The van der Waals surface area contributed by atoms with E-state index in [-0.39, 0.29) is 0 Å². The summed E-state index contributed by atoms with van der Waals surface area (Å²) in [6.45, 7) is 0.911. The van der Waals surface area contributed by atoms with Gasteiger partial charge in [0.2, 0.25) is 0 Å². The fourth-order valence-corrected chi connectivity index (χ4v) is 7.46. The van der Waals surface area contributed by atoms with Crippen molar-refractivity contribution in [1.29, 1.82) is 0 Å². The van der Waals surface area contributed by atoms with E-state index in [2.05, 4.69) is 83.8 Å². The Kier molecular flexibility index (Phi) is 3.94. The Morgan fingerprint density at radius 1 is 0.581 bits per heavy atom. The van der Waals surface area contributed by atoms with Gasteiger partial charge < -0.3 is 4.90 Å². The van der Waals surface area contributed by atoms with Crippen molar-refractivity contribution in [2.45, 2.75) is 38.6 Å². The lowest BCUT2D eigenvalue weighted by atomic mass is 9.53. The molecule has 1 aliphatic heterocycles. The van der Waals surface area contributed by atoms with E-state index in [9.17, 15) is 0 Å². The van der Waals surface area contributed by atoms with E-state index in [1.54, 1.807) is 5.57 Å². The highest BCUT2D eigenvalue weighted by Crippen LogP contribution is 2.60. The van der Waals surface area contributed by atoms with E-state index in [1.807, 2.05) is 5.57 Å². The highest BCUT2D eigenvalue weighted by Gasteiger charge is 2.47. The second kappa shape index (κ2) is 6.85. The van der Waals surface area contributed by atoms with Crippen LogP contribution < -0.4 is 4.90 Å². The molecule has 1 heteroatoms. The van der Waals surface area contributed by atoms with Gasteiger partial charge in [-0.05, 0) is 79.0 Å². The first-order chi connectivity index (χ1) is 15.3. The van der Waals surface area contributed by atoms with Gasteiger partial charge >= 0.3 is 0 Å². The maximum atomic E-state index is 2.54. The lowest BCUT2D eigenvalue weighted by Gasteiger charge is -2.53. The number of para-hydroxylation sites is 2. The quantitative estimate of drug-likeness (QED) is 0.426. The van der Waals surface area contributed by atoms with Crippen LogP contribution in [0.3, 0.4) is 0 Å². The lowest BCUT2D eigenvalue weighted by Crippen LogP contribution is -2.41.